The predicted molar refractivity (Wildman–Crippen MR) is 61.6 cm³/mol. The maximum atomic E-state index is 12.9. The molecule has 1 saturated heterocycles. The van der Waals surface area contributed by atoms with Gasteiger partial charge in [0.25, 0.3) is 6.43 Å². The molecule has 17 heavy (non-hydrogen) atoms. The van der Waals surface area contributed by atoms with Crippen molar-refractivity contribution in [1.82, 2.24) is 5.43 Å². The van der Waals surface area contributed by atoms with Crippen LogP contribution in [-0.4, -0.2) is 24.7 Å². The molecule has 0 aromatic rings. The molecule has 3 N–H and O–H groups in total. The topological polar surface area (TPSA) is 47.3 Å². The van der Waals surface area contributed by atoms with Crippen LogP contribution in [-0.2, 0) is 4.74 Å². The Morgan fingerprint density at radius 1 is 1.24 bits per heavy atom. The number of nitrogens with one attached hydrogen (secondary N) is 1. The fourth-order valence-corrected chi connectivity index (χ4v) is 3.33. The van der Waals surface area contributed by atoms with E-state index in [4.69, 9.17) is 10.6 Å². The molecule has 2 rings (SSSR count). The molecule has 0 bridgehead atoms. The van der Waals surface area contributed by atoms with Gasteiger partial charge >= 0.3 is 0 Å². The van der Waals surface area contributed by atoms with Crippen LogP contribution in [0.4, 0.5) is 8.78 Å². The lowest BCUT2D eigenvalue weighted by atomic mass is 9.74. The van der Waals surface area contributed by atoms with Crippen LogP contribution in [0.15, 0.2) is 0 Å². The SMILES string of the molecule is NNC(C(F)F)C1CCOC2(CCCCC2)C1. The summed E-state index contributed by atoms with van der Waals surface area (Å²) in [7, 11) is 0. The van der Waals surface area contributed by atoms with Crippen LogP contribution in [0.3, 0.4) is 0 Å². The van der Waals surface area contributed by atoms with Crippen LogP contribution >= 0.6 is 0 Å². The minimum Gasteiger partial charge on any atom is -0.375 e. The molecule has 2 atom stereocenters. The van der Waals surface area contributed by atoms with Crippen molar-refractivity contribution in [3.8, 4) is 0 Å². The van der Waals surface area contributed by atoms with Crippen molar-refractivity contribution >= 4 is 0 Å². The zero-order chi connectivity index (χ0) is 12.3. The summed E-state index contributed by atoms with van der Waals surface area (Å²) in [4.78, 5) is 0. The highest BCUT2D eigenvalue weighted by Crippen LogP contribution is 2.42. The summed E-state index contributed by atoms with van der Waals surface area (Å²) in [6.07, 6.45) is 4.60. The first kappa shape index (κ1) is 13.2. The average Bonchev–Trinajstić information content (AvgIpc) is 2.30. The van der Waals surface area contributed by atoms with Gasteiger partial charge in [0.15, 0.2) is 0 Å². The van der Waals surface area contributed by atoms with Gasteiger partial charge in [0, 0.05) is 6.61 Å². The van der Waals surface area contributed by atoms with E-state index in [-0.39, 0.29) is 11.5 Å². The second-order valence-corrected chi connectivity index (χ2v) is 5.37. The van der Waals surface area contributed by atoms with E-state index < -0.39 is 12.5 Å². The summed E-state index contributed by atoms with van der Waals surface area (Å²) in [6, 6.07) is -0.891. The summed E-state index contributed by atoms with van der Waals surface area (Å²) < 4.78 is 31.6. The van der Waals surface area contributed by atoms with Gasteiger partial charge in [-0.2, -0.15) is 0 Å². The summed E-state index contributed by atoms with van der Waals surface area (Å²) in [6.45, 7) is 0.593. The minimum atomic E-state index is -2.40. The Hall–Kier alpha value is -0.260. The van der Waals surface area contributed by atoms with Crippen molar-refractivity contribution in [2.75, 3.05) is 6.61 Å². The Bertz CT molecular complexity index is 239. The standard InChI is InChI=1S/C12H22F2N2O/c13-11(14)10(16-15)9-4-7-17-12(8-9)5-2-1-3-6-12/h9-11,16H,1-8,15H2. The number of alkyl halides is 2. The number of hydrazine groups is 1. The van der Waals surface area contributed by atoms with Crippen LogP contribution in [0.2, 0.25) is 0 Å². The second kappa shape index (κ2) is 5.59. The highest BCUT2D eigenvalue weighted by Gasteiger charge is 2.42. The lowest BCUT2D eigenvalue weighted by molar-refractivity contribution is -0.128. The molecular weight excluding hydrogens is 226 g/mol. The van der Waals surface area contributed by atoms with E-state index in [9.17, 15) is 8.78 Å². The van der Waals surface area contributed by atoms with Crippen molar-refractivity contribution in [3.63, 3.8) is 0 Å². The monoisotopic (exact) mass is 248 g/mol. The van der Waals surface area contributed by atoms with Gasteiger partial charge in [-0.3, -0.25) is 11.3 Å². The molecule has 2 unspecified atom stereocenters. The zero-order valence-electron chi connectivity index (χ0n) is 10.1. The van der Waals surface area contributed by atoms with E-state index in [2.05, 4.69) is 5.43 Å². The number of nitrogens with two attached hydrogens (primary N) is 1. The Morgan fingerprint density at radius 2 is 1.94 bits per heavy atom. The summed E-state index contributed by atoms with van der Waals surface area (Å²) in [5.74, 6) is 5.19. The summed E-state index contributed by atoms with van der Waals surface area (Å²) in [5, 5.41) is 0. The Morgan fingerprint density at radius 3 is 2.53 bits per heavy atom. The number of hydrogen-bond donors (Lipinski definition) is 2. The fraction of sp³-hybridized carbons (Fsp3) is 1.00. The van der Waals surface area contributed by atoms with Crippen molar-refractivity contribution in [3.05, 3.63) is 0 Å². The van der Waals surface area contributed by atoms with Gasteiger partial charge < -0.3 is 4.74 Å². The van der Waals surface area contributed by atoms with E-state index in [1.165, 1.54) is 6.42 Å². The van der Waals surface area contributed by atoms with Gasteiger partial charge in [-0.05, 0) is 31.6 Å². The molecule has 0 radical (unpaired) electrons. The van der Waals surface area contributed by atoms with Gasteiger partial charge in [-0.15, -0.1) is 0 Å². The normalized spacial score (nSPS) is 30.7. The maximum Gasteiger partial charge on any atom is 0.255 e. The molecule has 1 heterocycles. The molecule has 100 valence electrons. The first-order chi connectivity index (χ1) is 8.17. The van der Waals surface area contributed by atoms with E-state index in [1.54, 1.807) is 0 Å². The molecule has 5 heteroatoms. The molecule has 2 fully saturated rings. The van der Waals surface area contributed by atoms with Crippen LogP contribution < -0.4 is 11.3 Å². The lowest BCUT2D eigenvalue weighted by Gasteiger charge is -2.45. The molecule has 3 nitrogen and oxygen atoms in total. The number of hydrogen-bond acceptors (Lipinski definition) is 3. The van der Waals surface area contributed by atoms with Gasteiger partial charge in [-0.1, -0.05) is 19.3 Å². The van der Waals surface area contributed by atoms with Crippen molar-refractivity contribution in [2.45, 2.75) is 63.0 Å². The fourth-order valence-electron chi connectivity index (χ4n) is 3.33. The van der Waals surface area contributed by atoms with Crippen LogP contribution in [0.25, 0.3) is 0 Å². The highest BCUT2D eigenvalue weighted by atomic mass is 19.3. The first-order valence-corrected chi connectivity index (χ1v) is 6.55. The third-order valence-corrected chi connectivity index (χ3v) is 4.27. The van der Waals surface area contributed by atoms with E-state index in [0.29, 0.717) is 13.0 Å². The zero-order valence-corrected chi connectivity index (χ0v) is 10.1. The quantitative estimate of drug-likeness (QED) is 0.594. The first-order valence-electron chi connectivity index (χ1n) is 6.55. The molecule has 1 saturated carbocycles. The molecule has 2 aliphatic rings. The third-order valence-electron chi connectivity index (χ3n) is 4.27. The van der Waals surface area contributed by atoms with E-state index >= 15 is 0 Å². The molecule has 0 aromatic heterocycles. The maximum absolute atomic E-state index is 12.9. The van der Waals surface area contributed by atoms with Crippen molar-refractivity contribution in [1.29, 1.82) is 0 Å². The lowest BCUT2D eigenvalue weighted by Crippen LogP contribution is -2.52. The number of rotatable bonds is 3. The van der Waals surface area contributed by atoms with Crippen LogP contribution in [0.1, 0.15) is 44.9 Å². The molecular formula is C12H22F2N2O. The largest absolute Gasteiger partial charge is 0.375 e. The minimum absolute atomic E-state index is 0.0631. The van der Waals surface area contributed by atoms with E-state index in [0.717, 1.165) is 32.1 Å². The molecule has 1 aliphatic carbocycles. The molecule has 1 spiro atoms. The second-order valence-electron chi connectivity index (χ2n) is 5.37. The van der Waals surface area contributed by atoms with Gasteiger partial charge in [-0.25, -0.2) is 8.78 Å². The Balaban J connectivity index is 2.00. The van der Waals surface area contributed by atoms with Crippen LogP contribution in [0, 0.1) is 5.92 Å². The van der Waals surface area contributed by atoms with Crippen LogP contribution in [0.5, 0.6) is 0 Å². The highest BCUT2D eigenvalue weighted by molar-refractivity contribution is 4.93. The summed E-state index contributed by atoms with van der Waals surface area (Å²) >= 11 is 0. The molecule has 1 aliphatic heterocycles. The molecule has 0 amide bonds. The van der Waals surface area contributed by atoms with Gasteiger partial charge in [0.1, 0.15) is 0 Å². The average molecular weight is 248 g/mol. The van der Waals surface area contributed by atoms with E-state index in [1.807, 2.05) is 0 Å². The number of halogens is 2. The van der Waals surface area contributed by atoms with Gasteiger partial charge in [0.2, 0.25) is 0 Å². The predicted octanol–water partition coefficient (Wildman–Crippen LogP) is 2.21. The van der Waals surface area contributed by atoms with Gasteiger partial charge in [0.05, 0.1) is 11.6 Å². The third kappa shape index (κ3) is 2.95. The smallest absolute Gasteiger partial charge is 0.255 e. The Kier molecular flexibility index (Phi) is 4.33. The van der Waals surface area contributed by atoms with Crippen molar-refractivity contribution < 1.29 is 13.5 Å². The molecule has 0 aromatic carbocycles. The van der Waals surface area contributed by atoms with Crippen molar-refractivity contribution in [2.24, 2.45) is 11.8 Å². The number of ether oxygens (including phenoxy) is 1. The summed E-state index contributed by atoms with van der Waals surface area (Å²) in [5.41, 5.74) is 2.15. The Labute approximate surface area is 101 Å².